The second kappa shape index (κ2) is 18.2. The fraction of sp³-hybridized carbons (Fsp3) is 0.720. The van der Waals surface area contributed by atoms with Gasteiger partial charge in [-0.05, 0) is 24.8 Å². The van der Waals surface area contributed by atoms with Crippen LogP contribution in [0.2, 0.25) is 0 Å². The second-order valence-electron chi connectivity index (χ2n) is 7.82. The highest BCUT2D eigenvalue weighted by molar-refractivity contribution is 5.78. The number of hydrogen-bond donors (Lipinski definition) is 0. The van der Waals surface area contributed by atoms with E-state index in [9.17, 15) is 4.79 Å². The number of ketones is 1. The summed E-state index contributed by atoms with van der Waals surface area (Å²) in [6, 6.07) is 10.4. The molecule has 0 amide bonds. The van der Waals surface area contributed by atoms with Gasteiger partial charge in [-0.1, -0.05) is 101 Å². The van der Waals surface area contributed by atoms with Crippen LogP contribution >= 0.6 is 0 Å². The van der Waals surface area contributed by atoms with Gasteiger partial charge in [0.15, 0.2) is 0 Å². The van der Waals surface area contributed by atoms with Crippen molar-refractivity contribution in [2.24, 2.45) is 0 Å². The van der Waals surface area contributed by atoms with Crippen LogP contribution in [0.15, 0.2) is 30.3 Å². The smallest absolute Gasteiger partial charge is 0.132 e. The Hall–Kier alpha value is -1.15. The third kappa shape index (κ3) is 15.6. The van der Waals surface area contributed by atoms with Crippen LogP contribution in [-0.4, -0.2) is 12.4 Å². The Morgan fingerprint density at radius 2 is 1.22 bits per heavy atom. The van der Waals surface area contributed by atoms with Gasteiger partial charge in [0.25, 0.3) is 0 Å². The lowest BCUT2D eigenvalue weighted by Crippen LogP contribution is -1.97. The molecule has 0 atom stereocenters. The zero-order valence-electron chi connectivity index (χ0n) is 17.7. The molecule has 27 heavy (non-hydrogen) atoms. The average Bonchev–Trinajstić information content (AvgIpc) is 2.69. The molecule has 0 fully saturated rings. The maximum Gasteiger partial charge on any atom is 0.132 e. The molecule has 0 saturated carbocycles. The maximum absolute atomic E-state index is 11.8. The largest absolute Gasteiger partial charge is 0.377 e. The van der Waals surface area contributed by atoms with Crippen molar-refractivity contribution in [3.05, 3.63) is 35.9 Å². The van der Waals surface area contributed by atoms with Crippen molar-refractivity contribution in [3.8, 4) is 0 Å². The number of carbonyl (C=O) groups is 1. The maximum atomic E-state index is 11.8. The van der Waals surface area contributed by atoms with E-state index in [1.54, 1.807) is 0 Å². The summed E-state index contributed by atoms with van der Waals surface area (Å²) in [6.07, 6.45) is 17.9. The predicted molar refractivity (Wildman–Crippen MR) is 116 cm³/mol. The lowest BCUT2D eigenvalue weighted by molar-refractivity contribution is -0.119. The van der Waals surface area contributed by atoms with Gasteiger partial charge in [0.05, 0.1) is 6.61 Å². The van der Waals surface area contributed by atoms with Crippen molar-refractivity contribution < 1.29 is 9.53 Å². The van der Waals surface area contributed by atoms with Crippen LogP contribution < -0.4 is 0 Å². The van der Waals surface area contributed by atoms with E-state index in [0.717, 1.165) is 38.9 Å². The topological polar surface area (TPSA) is 26.3 Å². The molecule has 2 nitrogen and oxygen atoms in total. The molecule has 0 saturated heterocycles. The Balaban J connectivity index is 1.74. The number of Topliss-reactive ketones (excluding diaryl/α,β-unsaturated/α-hetero) is 1. The summed E-state index contributed by atoms with van der Waals surface area (Å²) in [7, 11) is 0. The lowest BCUT2D eigenvalue weighted by Gasteiger charge is -2.05. The molecular weight excluding hydrogens is 332 g/mol. The minimum absolute atomic E-state index is 0.487. The molecule has 154 valence electrons. The second-order valence-corrected chi connectivity index (χ2v) is 7.82. The summed E-state index contributed by atoms with van der Waals surface area (Å²) >= 11 is 0. The summed E-state index contributed by atoms with van der Waals surface area (Å²) in [5.41, 5.74) is 1.26. The molecule has 0 aromatic heterocycles. The van der Waals surface area contributed by atoms with Crippen LogP contribution in [0.3, 0.4) is 0 Å². The normalized spacial score (nSPS) is 11.0. The number of ether oxygens (including phenoxy) is 1. The molecule has 1 aromatic rings. The highest BCUT2D eigenvalue weighted by Crippen LogP contribution is 2.12. The minimum atomic E-state index is 0.487. The molecule has 0 radical (unpaired) electrons. The van der Waals surface area contributed by atoms with Crippen LogP contribution in [0.1, 0.15) is 109 Å². The molecule has 0 aliphatic carbocycles. The van der Waals surface area contributed by atoms with E-state index in [1.807, 2.05) is 6.07 Å². The van der Waals surface area contributed by atoms with E-state index >= 15 is 0 Å². The molecule has 2 heteroatoms. The van der Waals surface area contributed by atoms with Gasteiger partial charge in [-0.3, -0.25) is 4.79 Å². The zero-order valence-corrected chi connectivity index (χ0v) is 17.7. The molecule has 0 bridgehead atoms. The Morgan fingerprint density at radius 3 is 1.81 bits per heavy atom. The Labute approximate surface area is 168 Å². The molecule has 0 heterocycles. The standard InChI is InChI=1S/C25H42O2/c1-2-3-4-15-20-25(26)21-16-10-8-6-5-7-9-11-17-22-27-23-24-18-13-12-14-19-24/h12-14,18-19H,2-11,15-17,20-23H2,1H3. The monoisotopic (exact) mass is 374 g/mol. The first kappa shape index (κ1) is 23.9. The Morgan fingerprint density at radius 1 is 0.704 bits per heavy atom. The highest BCUT2D eigenvalue weighted by Gasteiger charge is 2.01. The van der Waals surface area contributed by atoms with E-state index in [-0.39, 0.29) is 0 Å². The fourth-order valence-corrected chi connectivity index (χ4v) is 3.40. The SMILES string of the molecule is CCCCCCC(=O)CCCCCCCCCCCOCc1ccccc1. The van der Waals surface area contributed by atoms with Crippen LogP contribution in [0.25, 0.3) is 0 Å². The first-order valence-corrected chi connectivity index (χ1v) is 11.5. The van der Waals surface area contributed by atoms with Crippen LogP contribution in [0.5, 0.6) is 0 Å². The predicted octanol–water partition coefficient (Wildman–Crippen LogP) is 7.64. The Bertz CT molecular complexity index is 441. The van der Waals surface area contributed by atoms with Gasteiger partial charge in [-0.15, -0.1) is 0 Å². The van der Waals surface area contributed by atoms with Gasteiger partial charge in [0, 0.05) is 19.4 Å². The summed E-state index contributed by atoms with van der Waals surface area (Å²) in [6.45, 7) is 3.83. The van der Waals surface area contributed by atoms with Gasteiger partial charge in [-0.2, -0.15) is 0 Å². The number of hydrogen-bond acceptors (Lipinski definition) is 2. The number of benzene rings is 1. The van der Waals surface area contributed by atoms with Gasteiger partial charge in [-0.25, -0.2) is 0 Å². The molecule has 0 unspecified atom stereocenters. The van der Waals surface area contributed by atoms with Crippen molar-refractivity contribution in [2.75, 3.05) is 6.61 Å². The summed E-state index contributed by atoms with van der Waals surface area (Å²) in [5.74, 6) is 0.487. The molecule has 0 N–H and O–H groups in total. The quantitative estimate of drug-likeness (QED) is 0.232. The molecular formula is C25H42O2. The fourth-order valence-electron chi connectivity index (χ4n) is 3.40. The van der Waals surface area contributed by atoms with E-state index in [2.05, 4.69) is 31.2 Å². The van der Waals surface area contributed by atoms with Gasteiger partial charge >= 0.3 is 0 Å². The van der Waals surface area contributed by atoms with Crippen LogP contribution in [-0.2, 0) is 16.1 Å². The Kier molecular flexibility index (Phi) is 16.1. The number of unbranched alkanes of at least 4 members (excludes halogenated alkanes) is 11. The first-order valence-electron chi connectivity index (χ1n) is 11.5. The third-order valence-electron chi connectivity index (χ3n) is 5.17. The van der Waals surface area contributed by atoms with E-state index in [1.165, 1.54) is 76.2 Å². The van der Waals surface area contributed by atoms with Gasteiger partial charge in [0.2, 0.25) is 0 Å². The van der Waals surface area contributed by atoms with Gasteiger partial charge < -0.3 is 4.74 Å². The van der Waals surface area contributed by atoms with Crippen molar-refractivity contribution >= 4 is 5.78 Å². The lowest BCUT2D eigenvalue weighted by atomic mass is 10.0. The van der Waals surface area contributed by atoms with Crippen molar-refractivity contribution in [3.63, 3.8) is 0 Å². The van der Waals surface area contributed by atoms with Gasteiger partial charge in [0.1, 0.15) is 5.78 Å². The zero-order chi connectivity index (χ0) is 19.4. The number of rotatable bonds is 19. The molecule has 0 aliphatic rings. The van der Waals surface area contributed by atoms with Crippen molar-refractivity contribution in [2.45, 2.75) is 110 Å². The summed E-state index contributed by atoms with van der Waals surface area (Å²) < 4.78 is 5.72. The van der Waals surface area contributed by atoms with E-state index in [4.69, 9.17) is 4.74 Å². The molecule has 1 aromatic carbocycles. The van der Waals surface area contributed by atoms with Crippen molar-refractivity contribution in [1.82, 2.24) is 0 Å². The molecule has 1 rings (SSSR count). The minimum Gasteiger partial charge on any atom is -0.377 e. The molecule has 0 spiro atoms. The third-order valence-corrected chi connectivity index (χ3v) is 5.17. The summed E-state index contributed by atoms with van der Waals surface area (Å²) in [4.78, 5) is 11.8. The van der Waals surface area contributed by atoms with E-state index in [0.29, 0.717) is 5.78 Å². The van der Waals surface area contributed by atoms with Crippen LogP contribution in [0.4, 0.5) is 0 Å². The number of carbonyl (C=O) groups excluding carboxylic acids is 1. The van der Waals surface area contributed by atoms with Crippen molar-refractivity contribution in [1.29, 1.82) is 0 Å². The first-order chi connectivity index (χ1) is 13.3. The average molecular weight is 375 g/mol. The summed E-state index contributed by atoms with van der Waals surface area (Å²) in [5, 5.41) is 0. The van der Waals surface area contributed by atoms with E-state index < -0.39 is 0 Å². The molecule has 0 aliphatic heterocycles. The highest BCUT2D eigenvalue weighted by atomic mass is 16.5. The van der Waals surface area contributed by atoms with Crippen LogP contribution in [0, 0.1) is 0 Å².